The van der Waals surface area contributed by atoms with Gasteiger partial charge in [-0.25, -0.2) is 0 Å². The molecule has 0 atom stereocenters. The van der Waals surface area contributed by atoms with E-state index in [1.165, 1.54) is 0 Å². The highest BCUT2D eigenvalue weighted by molar-refractivity contribution is 5.56. The molecule has 1 heterocycles. The van der Waals surface area contributed by atoms with Gasteiger partial charge in [0.2, 0.25) is 0 Å². The van der Waals surface area contributed by atoms with Crippen molar-refractivity contribution in [1.82, 2.24) is 9.78 Å². The fraction of sp³-hybridized carbons (Fsp3) is 0.357. The van der Waals surface area contributed by atoms with Crippen LogP contribution in [0.3, 0.4) is 0 Å². The standard InChI is InChI=1S/C14H19N3O/c1-11(2)17-10-12(9-16-17)8-15-13-6-4-5-7-14(13)18-3/h4-7,9-11,15H,8H2,1-3H3. The van der Waals surface area contributed by atoms with Gasteiger partial charge in [0.1, 0.15) is 5.75 Å². The van der Waals surface area contributed by atoms with Gasteiger partial charge in [0.25, 0.3) is 0 Å². The van der Waals surface area contributed by atoms with E-state index in [4.69, 9.17) is 4.74 Å². The number of para-hydroxylation sites is 2. The Balaban J connectivity index is 2.02. The maximum atomic E-state index is 5.29. The van der Waals surface area contributed by atoms with Gasteiger partial charge in [-0.3, -0.25) is 4.68 Å². The molecule has 0 fully saturated rings. The minimum Gasteiger partial charge on any atom is -0.495 e. The quantitative estimate of drug-likeness (QED) is 0.879. The number of aromatic nitrogens is 2. The average molecular weight is 245 g/mol. The van der Waals surface area contributed by atoms with Crippen molar-refractivity contribution in [3.05, 3.63) is 42.2 Å². The van der Waals surface area contributed by atoms with Crippen LogP contribution in [-0.4, -0.2) is 16.9 Å². The minimum absolute atomic E-state index is 0.394. The van der Waals surface area contributed by atoms with Crippen LogP contribution in [0.2, 0.25) is 0 Å². The van der Waals surface area contributed by atoms with Gasteiger partial charge >= 0.3 is 0 Å². The molecule has 18 heavy (non-hydrogen) atoms. The molecule has 96 valence electrons. The van der Waals surface area contributed by atoms with Crippen molar-refractivity contribution in [2.24, 2.45) is 0 Å². The van der Waals surface area contributed by atoms with Gasteiger partial charge < -0.3 is 10.1 Å². The fourth-order valence-electron chi connectivity index (χ4n) is 1.74. The fourth-order valence-corrected chi connectivity index (χ4v) is 1.74. The second-order valence-corrected chi connectivity index (χ2v) is 4.48. The van der Waals surface area contributed by atoms with Crippen LogP contribution in [0.1, 0.15) is 25.5 Å². The molecule has 1 N–H and O–H groups in total. The second-order valence-electron chi connectivity index (χ2n) is 4.48. The van der Waals surface area contributed by atoms with Crippen LogP contribution in [0.5, 0.6) is 5.75 Å². The molecule has 4 nitrogen and oxygen atoms in total. The highest BCUT2D eigenvalue weighted by Gasteiger charge is 2.04. The molecular formula is C14H19N3O. The van der Waals surface area contributed by atoms with Crippen molar-refractivity contribution in [2.75, 3.05) is 12.4 Å². The molecule has 0 amide bonds. The Labute approximate surface area is 108 Å². The number of nitrogens with zero attached hydrogens (tertiary/aromatic N) is 2. The molecule has 0 radical (unpaired) electrons. The summed E-state index contributed by atoms with van der Waals surface area (Å²) < 4.78 is 7.25. The van der Waals surface area contributed by atoms with Crippen molar-refractivity contribution in [3.63, 3.8) is 0 Å². The molecule has 1 aromatic heterocycles. The lowest BCUT2D eigenvalue weighted by Crippen LogP contribution is -2.02. The van der Waals surface area contributed by atoms with E-state index < -0.39 is 0 Å². The first kappa shape index (κ1) is 12.5. The summed E-state index contributed by atoms with van der Waals surface area (Å²) >= 11 is 0. The van der Waals surface area contributed by atoms with E-state index in [-0.39, 0.29) is 0 Å². The molecule has 0 aliphatic carbocycles. The summed E-state index contributed by atoms with van der Waals surface area (Å²) in [5.74, 6) is 0.855. The first-order valence-corrected chi connectivity index (χ1v) is 6.10. The average Bonchev–Trinajstić information content (AvgIpc) is 2.85. The SMILES string of the molecule is COc1ccccc1NCc1cnn(C(C)C)c1. The predicted octanol–water partition coefficient (Wildman–Crippen LogP) is 3.08. The Bertz CT molecular complexity index is 505. The van der Waals surface area contributed by atoms with Gasteiger partial charge in [0, 0.05) is 24.3 Å². The molecule has 2 rings (SSSR count). The normalized spacial score (nSPS) is 10.7. The smallest absolute Gasteiger partial charge is 0.141 e. The van der Waals surface area contributed by atoms with Crippen LogP contribution >= 0.6 is 0 Å². The highest BCUT2D eigenvalue weighted by Crippen LogP contribution is 2.23. The highest BCUT2D eigenvalue weighted by atomic mass is 16.5. The van der Waals surface area contributed by atoms with Gasteiger partial charge in [-0.15, -0.1) is 0 Å². The second kappa shape index (κ2) is 5.58. The zero-order valence-electron chi connectivity index (χ0n) is 11.1. The topological polar surface area (TPSA) is 39.1 Å². The molecular weight excluding hydrogens is 226 g/mol. The van der Waals surface area contributed by atoms with Crippen molar-refractivity contribution < 1.29 is 4.74 Å². The minimum atomic E-state index is 0.394. The maximum absolute atomic E-state index is 5.29. The van der Waals surface area contributed by atoms with Gasteiger partial charge in [0.05, 0.1) is 19.0 Å². The Morgan fingerprint density at radius 2 is 2.11 bits per heavy atom. The van der Waals surface area contributed by atoms with Gasteiger partial charge in [-0.05, 0) is 26.0 Å². The van der Waals surface area contributed by atoms with Crippen LogP contribution < -0.4 is 10.1 Å². The summed E-state index contributed by atoms with van der Waals surface area (Å²) in [7, 11) is 1.68. The zero-order chi connectivity index (χ0) is 13.0. The molecule has 1 aromatic carbocycles. The summed E-state index contributed by atoms with van der Waals surface area (Å²) in [5, 5.41) is 7.67. The number of benzene rings is 1. The van der Waals surface area contributed by atoms with Gasteiger partial charge in [-0.1, -0.05) is 12.1 Å². The van der Waals surface area contributed by atoms with E-state index in [1.54, 1.807) is 7.11 Å². The van der Waals surface area contributed by atoms with E-state index >= 15 is 0 Å². The first-order chi connectivity index (χ1) is 8.70. The number of hydrogen-bond acceptors (Lipinski definition) is 3. The van der Waals surface area contributed by atoms with Gasteiger partial charge in [-0.2, -0.15) is 5.10 Å². The lowest BCUT2D eigenvalue weighted by Gasteiger charge is -2.09. The van der Waals surface area contributed by atoms with E-state index in [0.29, 0.717) is 6.04 Å². The van der Waals surface area contributed by atoms with Crippen molar-refractivity contribution in [1.29, 1.82) is 0 Å². The number of hydrogen-bond donors (Lipinski definition) is 1. The molecule has 2 aromatic rings. The molecule has 0 spiro atoms. The molecule has 4 heteroatoms. The number of rotatable bonds is 5. The number of ether oxygens (including phenoxy) is 1. The van der Waals surface area contributed by atoms with Crippen LogP contribution in [0, 0.1) is 0 Å². The van der Waals surface area contributed by atoms with Crippen LogP contribution in [-0.2, 0) is 6.54 Å². The third-order valence-corrected chi connectivity index (χ3v) is 2.77. The number of anilines is 1. The van der Waals surface area contributed by atoms with E-state index in [9.17, 15) is 0 Å². The summed E-state index contributed by atoms with van der Waals surface area (Å²) in [5.41, 5.74) is 2.16. The number of methoxy groups -OCH3 is 1. The van der Waals surface area contributed by atoms with E-state index in [2.05, 4.69) is 30.5 Å². The van der Waals surface area contributed by atoms with E-state index in [0.717, 1.165) is 23.5 Å². The zero-order valence-corrected chi connectivity index (χ0v) is 11.1. The molecule has 0 aliphatic rings. The Morgan fingerprint density at radius 1 is 1.33 bits per heavy atom. The van der Waals surface area contributed by atoms with Gasteiger partial charge in [0.15, 0.2) is 0 Å². The maximum Gasteiger partial charge on any atom is 0.141 e. The summed E-state index contributed by atoms with van der Waals surface area (Å²) in [6, 6.07) is 8.29. The van der Waals surface area contributed by atoms with Crippen LogP contribution in [0.4, 0.5) is 5.69 Å². The Hall–Kier alpha value is -1.97. The van der Waals surface area contributed by atoms with Crippen LogP contribution in [0.15, 0.2) is 36.7 Å². The molecule has 0 unspecified atom stereocenters. The van der Waals surface area contributed by atoms with E-state index in [1.807, 2.05) is 35.1 Å². The van der Waals surface area contributed by atoms with Crippen molar-refractivity contribution in [3.8, 4) is 5.75 Å². The molecule has 0 bridgehead atoms. The third kappa shape index (κ3) is 2.83. The first-order valence-electron chi connectivity index (χ1n) is 6.10. The van der Waals surface area contributed by atoms with Crippen molar-refractivity contribution in [2.45, 2.75) is 26.4 Å². The molecule has 0 saturated carbocycles. The largest absolute Gasteiger partial charge is 0.495 e. The van der Waals surface area contributed by atoms with Crippen molar-refractivity contribution >= 4 is 5.69 Å². The lowest BCUT2D eigenvalue weighted by atomic mass is 10.2. The predicted molar refractivity (Wildman–Crippen MR) is 72.9 cm³/mol. The third-order valence-electron chi connectivity index (χ3n) is 2.77. The summed E-state index contributed by atoms with van der Waals surface area (Å²) in [4.78, 5) is 0. The van der Waals surface area contributed by atoms with Crippen LogP contribution in [0.25, 0.3) is 0 Å². The summed E-state index contributed by atoms with van der Waals surface area (Å²) in [6.45, 7) is 4.97. The monoisotopic (exact) mass is 245 g/mol. The summed E-state index contributed by atoms with van der Waals surface area (Å²) in [6.07, 6.45) is 3.95. The number of nitrogens with one attached hydrogen (secondary N) is 1. The molecule has 0 aliphatic heterocycles. The lowest BCUT2D eigenvalue weighted by molar-refractivity contribution is 0.416. The Morgan fingerprint density at radius 3 is 2.78 bits per heavy atom. The Kier molecular flexibility index (Phi) is 3.87. The molecule has 0 saturated heterocycles.